The molecule has 0 saturated heterocycles. The van der Waals surface area contributed by atoms with Gasteiger partial charge in [-0.25, -0.2) is 0 Å². The number of aryl methyl sites for hydroxylation is 2. The van der Waals surface area contributed by atoms with Crippen molar-refractivity contribution in [1.29, 1.82) is 0 Å². The molecule has 0 bridgehead atoms. The van der Waals surface area contributed by atoms with Crippen molar-refractivity contribution in [1.82, 2.24) is 0 Å². The Morgan fingerprint density at radius 1 is 0.288 bits per heavy atom. The second-order valence-corrected chi connectivity index (χ2v) is 15.9. The van der Waals surface area contributed by atoms with Crippen LogP contribution in [0, 0.1) is 13.8 Å². The molecule has 280 valence electrons. The number of nitrogens with zero attached hydrogens (tertiary/aromatic N) is 2. The standard InChI is InChI=1S/C57H42N2/c1-39-28-32-44(33-29-39)58(42-16-5-3-6-17-42)46-36-41(37-47(38-46)59(43-18-7-4-8-19-43)45-34-30-40(2)31-35-45)48-23-15-27-55-56(48)51-22-11-14-26-54(51)57(55)52-24-12-9-20-49(52)50-21-10-13-25-53(50)57/h3-38H,1-2H3. The van der Waals surface area contributed by atoms with Crippen molar-refractivity contribution in [2.45, 2.75) is 19.3 Å². The lowest BCUT2D eigenvalue weighted by atomic mass is 9.70. The van der Waals surface area contributed by atoms with Crippen molar-refractivity contribution in [2.75, 3.05) is 9.80 Å². The molecule has 0 unspecified atom stereocenters. The molecule has 59 heavy (non-hydrogen) atoms. The number of para-hydroxylation sites is 2. The molecule has 11 rings (SSSR count). The molecule has 2 aliphatic rings. The van der Waals surface area contributed by atoms with Crippen molar-refractivity contribution in [2.24, 2.45) is 0 Å². The monoisotopic (exact) mass is 754 g/mol. The van der Waals surface area contributed by atoms with Gasteiger partial charge in [0.2, 0.25) is 0 Å². The Kier molecular flexibility index (Phi) is 8.20. The third-order valence-electron chi connectivity index (χ3n) is 12.4. The molecule has 0 saturated carbocycles. The van der Waals surface area contributed by atoms with Crippen LogP contribution >= 0.6 is 0 Å². The average Bonchev–Trinajstić information content (AvgIpc) is 3.76. The number of benzene rings is 9. The maximum atomic E-state index is 2.40. The van der Waals surface area contributed by atoms with Gasteiger partial charge < -0.3 is 9.80 Å². The van der Waals surface area contributed by atoms with Crippen molar-refractivity contribution >= 4 is 34.1 Å². The molecular weight excluding hydrogens is 713 g/mol. The van der Waals surface area contributed by atoms with Gasteiger partial charge >= 0.3 is 0 Å². The summed E-state index contributed by atoms with van der Waals surface area (Å²) < 4.78 is 0. The van der Waals surface area contributed by atoms with Crippen molar-refractivity contribution in [3.05, 3.63) is 252 Å². The Bertz CT molecular complexity index is 2850. The molecule has 0 aromatic heterocycles. The molecule has 9 aromatic carbocycles. The number of hydrogen-bond acceptors (Lipinski definition) is 2. The molecule has 0 fully saturated rings. The van der Waals surface area contributed by atoms with E-state index >= 15 is 0 Å². The van der Waals surface area contributed by atoms with Gasteiger partial charge in [-0.2, -0.15) is 0 Å². The summed E-state index contributed by atoms with van der Waals surface area (Å²) in [7, 11) is 0. The zero-order valence-electron chi connectivity index (χ0n) is 33.2. The Labute approximate surface area is 346 Å². The summed E-state index contributed by atoms with van der Waals surface area (Å²) in [5.74, 6) is 0. The first-order valence-electron chi connectivity index (χ1n) is 20.5. The minimum absolute atomic E-state index is 0.425. The molecule has 9 aromatic rings. The molecule has 0 atom stereocenters. The number of anilines is 6. The van der Waals surface area contributed by atoms with Crippen LogP contribution in [0.15, 0.2) is 218 Å². The molecule has 2 aliphatic carbocycles. The zero-order chi connectivity index (χ0) is 39.5. The quantitative estimate of drug-likeness (QED) is 0.160. The Balaban J connectivity index is 1.22. The first-order chi connectivity index (χ1) is 29.1. The Hall–Kier alpha value is -7.42. The van der Waals surface area contributed by atoms with Gasteiger partial charge in [0, 0.05) is 34.1 Å². The smallest absolute Gasteiger partial charge is 0.0725 e. The van der Waals surface area contributed by atoms with E-state index in [2.05, 4.69) is 242 Å². The maximum Gasteiger partial charge on any atom is 0.0725 e. The SMILES string of the molecule is Cc1ccc(N(c2ccccc2)c2cc(-c3cccc4c3-c3ccccc3C43c4ccccc4-c4ccccc43)cc(N(c3ccccc3)c3ccc(C)cc3)c2)cc1. The second-order valence-electron chi connectivity index (χ2n) is 15.9. The van der Waals surface area contributed by atoms with Gasteiger partial charge in [0.25, 0.3) is 0 Å². The summed E-state index contributed by atoms with van der Waals surface area (Å²) in [5.41, 5.74) is 21.5. The number of hydrogen-bond donors (Lipinski definition) is 0. The summed E-state index contributed by atoms with van der Waals surface area (Å²) in [6.07, 6.45) is 0. The number of rotatable bonds is 7. The minimum atomic E-state index is -0.425. The van der Waals surface area contributed by atoms with E-state index < -0.39 is 5.41 Å². The maximum absolute atomic E-state index is 2.40. The molecule has 2 heteroatoms. The van der Waals surface area contributed by atoms with Crippen LogP contribution in [0.3, 0.4) is 0 Å². The lowest BCUT2D eigenvalue weighted by Crippen LogP contribution is -2.25. The van der Waals surface area contributed by atoms with Gasteiger partial charge in [-0.1, -0.05) is 163 Å². The molecule has 0 aliphatic heterocycles. The van der Waals surface area contributed by atoms with Crippen molar-refractivity contribution in [3.8, 4) is 33.4 Å². The van der Waals surface area contributed by atoms with E-state index in [1.807, 2.05) is 0 Å². The highest BCUT2D eigenvalue weighted by molar-refractivity contribution is 6.01. The van der Waals surface area contributed by atoms with Crippen LogP contribution in [-0.4, -0.2) is 0 Å². The van der Waals surface area contributed by atoms with Gasteiger partial charge in [-0.05, 0) is 136 Å². The summed E-state index contributed by atoms with van der Waals surface area (Å²) in [6.45, 7) is 4.30. The molecule has 0 heterocycles. The highest BCUT2D eigenvalue weighted by Crippen LogP contribution is 2.64. The van der Waals surface area contributed by atoms with Crippen molar-refractivity contribution < 1.29 is 0 Å². The molecular formula is C57H42N2. The van der Waals surface area contributed by atoms with Gasteiger partial charge in [0.05, 0.1) is 5.41 Å². The lowest BCUT2D eigenvalue weighted by Gasteiger charge is -2.31. The topological polar surface area (TPSA) is 6.48 Å². The van der Waals surface area contributed by atoms with E-state index in [4.69, 9.17) is 0 Å². The largest absolute Gasteiger partial charge is 0.310 e. The van der Waals surface area contributed by atoms with E-state index in [1.165, 1.54) is 61.2 Å². The van der Waals surface area contributed by atoms with Crippen LogP contribution in [0.2, 0.25) is 0 Å². The predicted molar refractivity (Wildman–Crippen MR) is 247 cm³/mol. The molecule has 0 radical (unpaired) electrons. The fraction of sp³-hybridized carbons (Fsp3) is 0.0526. The molecule has 0 amide bonds. The fourth-order valence-electron chi connectivity index (χ4n) is 9.83. The van der Waals surface area contributed by atoms with Crippen LogP contribution in [0.25, 0.3) is 33.4 Å². The Morgan fingerprint density at radius 2 is 0.661 bits per heavy atom. The molecule has 1 spiro atoms. The van der Waals surface area contributed by atoms with Crippen LogP contribution in [-0.2, 0) is 5.41 Å². The summed E-state index contributed by atoms with van der Waals surface area (Å²) in [5, 5.41) is 0. The van der Waals surface area contributed by atoms with Gasteiger partial charge in [-0.15, -0.1) is 0 Å². The van der Waals surface area contributed by atoms with Crippen LogP contribution in [0.5, 0.6) is 0 Å². The zero-order valence-corrected chi connectivity index (χ0v) is 33.2. The average molecular weight is 755 g/mol. The van der Waals surface area contributed by atoms with Crippen LogP contribution < -0.4 is 9.80 Å². The predicted octanol–water partition coefficient (Wildman–Crippen LogP) is 15.3. The van der Waals surface area contributed by atoms with Crippen LogP contribution in [0.1, 0.15) is 33.4 Å². The summed E-state index contributed by atoms with van der Waals surface area (Å²) >= 11 is 0. The fourth-order valence-corrected chi connectivity index (χ4v) is 9.83. The normalized spacial score (nSPS) is 12.7. The number of fused-ring (bicyclic) bond motifs is 10. The van der Waals surface area contributed by atoms with E-state index in [1.54, 1.807) is 0 Å². The van der Waals surface area contributed by atoms with Crippen molar-refractivity contribution in [3.63, 3.8) is 0 Å². The highest BCUT2D eigenvalue weighted by Gasteiger charge is 2.52. The van der Waals surface area contributed by atoms with E-state index in [-0.39, 0.29) is 0 Å². The second kappa shape index (κ2) is 13.9. The molecule has 0 N–H and O–H groups in total. The summed E-state index contributed by atoms with van der Waals surface area (Å²) in [4.78, 5) is 4.79. The summed E-state index contributed by atoms with van der Waals surface area (Å²) in [6, 6.07) is 80.6. The van der Waals surface area contributed by atoms with E-state index in [0.29, 0.717) is 0 Å². The first-order valence-corrected chi connectivity index (χ1v) is 20.5. The third kappa shape index (κ3) is 5.48. The highest BCUT2D eigenvalue weighted by atomic mass is 15.2. The molecule has 2 nitrogen and oxygen atoms in total. The van der Waals surface area contributed by atoms with Crippen LogP contribution in [0.4, 0.5) is 34.1 Å². The van der Waals surface area contributed by atoms with Gasteiger partial charge in [0.15, 0.2) is 0 Å². The first kappa shape index (κ1) is 34.8. The van der Waals surface area contributed by atoms with Gasteiger partial charge in [0.1, 0.15) is 0 Å². The Morgan fingerprint density at radius 3 is 1.15 bits per heavy atom. The van der Waals surface area contributed by atoms with E-state index in [0.717, 1.165) is 39.7 Å². The lowest BCUT2D eigenvalue weighted by molar-refractivity contribution is 0.794. The third-order valence-corrected chi connectivity index (χ3v) is 12.4. The minimum Gasteiger partial charge on any atom is -0.310 e. The van der Waals surface area contributed by atoms with E-state index in [9.17, 15) is 0 Å². The van der Waals surface area contributed by atoms with Gasteiger partial charge in [-0.3, -0.25) is 0 Å².